The average molecular weight is 369 g/mol. The molecule has 0 spiro atoms. The number of carbonyl (C=O) groups is 1. The Bertz CT molecular complexity index is 1180. The van der Waals surface area contributed by atoms with Crippen LogP contribution in [0.3, 0.4) is 0 Å². The molecule has 0 atom stereocenters. The van der Waals surface area contributed by atoms with Gasteiger partial charge in [-0.2, -0.15) is 5.10 Å². The van der Waals surface area contributed by atoms with Gasteiger partial charge in [-0.1, -0.05) is 48.5 Å². The Morgan fingerprint density at radius 3 is 2.04 bits per heavy atom. The van der Waals surface area contributed by atoms with Gasteiger partial charge in [0.25, 0.3) is 11.6 Å². The normalized spacial score (nSPS) is 11.1. The number of hydrazone groups is 1. The monoisotopic (exact) mass is 369 g/mol. The van der Waals surface area contributed by atoms with E-state index < -0.39 is 10.8 Å². The largest absolute Gasteiger partial charge is 0.271 e. The number of amides is 1. The van der Waals surface area contributed by atoms with Crippen LogP contribution in [0.5, 0.6) is 0 Å². The van der Waals surface area contributed by atoms with Crippen LogP contribution in [-0.2, 0) is 0 Å². The highest BCUT2D eigenvalue weighted by Gasteiger charge is 2.09. The van der Waals surface area contributed by atoms with Crippen molar-refractivity contribution in [2.45, 2.75) is 0 Å². The van der Waals surface area contributed by atoms with Crippen LogP contribution in [-0.4, -0.2) is 17.0 Å². The van der Waals surface area contributed by atoms with E-state index in [1.165, 1.54) is 24.3 Å². The number of benzene rings is 4. The molecule has 0 aliphatic rings. The molecular formula is C22H15N3O3. The molecule has 0 aliphatic heterocycles. The fourth-order valence-corrected chi connectivity index (χ4v) is 3.14. The maximum absolute atomic E-state index is 12.2. The van der Waals surface area contributed by atoms with Crippen molar-refractivity contribution >= 4 is 39.4 Å². The molecule has 0 heterocycles. The topological polar surface area (TPSA) is 84.6 Å². The van der Waals surface area contributed by atoms with Gasteiger partial charge in [0.15, 0.2) is 0 Å². The molecular weight excluding hydrogens is 354 g/mol. The molecule has 0 saturated carbocycles. The van der Waals surface area contributed by atoms with E-state index in [2.05, 4.69) is 16.6 Å². The van der Waals surface area contributed by atoms with Crippen LogP contribution in [0, 0.1) is 10.1 Å². The van der Waals surface area contributed by atoms with Crippen molar-refractivity contribution < 1.29 is 9.72 Å². The molecule has 6 nitrogen and oxygen atoms in total. The van der Waals surface area contributed by atoms with Gasteiger partial charge in [0.05, 0.1) is 11.1 Å². The maximum Gasteiger partial charge on any atom is 0.271 e. The number of nitro groups is 1. The molecule has 136 valence electrons. The summed E-state index contributed by atoms with van der Waals surface area (Å²) in [5.41, 5.74) is 3.63. The van der Waals surface area contributed by atoms with Gasteiger partial charge in [-0.05, 0) is 39.7 Å². The van der Waals surface area contributed by atoms with E-state index in [1.807, 2.05) is 48.5 Å². The molecule has 1 N–H and O–H groups in total. The Morgan fingerprint density at radius 1 is 0.893 bits per heavy atom. The van der Waals surface area contributed by atoms with Crippen molar-refractivity contribution in [3.05, 3.63) is 100 Å². The minimum absolute atomic E-state index is 0.0673. The number of nitrogens with one attached hydrogen (secondary N) is 1. The van der Waals surface area contributed by atoms with Crippen molar-refractivity contribution in [3.8, 4) is 0 Å². The molecule has 28 heavy (non-hydrogen) atoms. The summed E-state index contributed by atoms with van der Waals surface area (Å²) in [7, 11) is 0. The summed E-state index contributed by atoms with van der Waals surface area (Å²) in [6.07, 6.45) is 1.63. The van der Waals surface area contributed by atoms with Gasteiger partial charge >= 0.3 is 0 Å². The van der Waals surface area contributed by atoms with E-state index in [9.17, 15) is 14.9 Å². The molecule has 0 unspecified atom stereocenters. The summed E-state index contributed by atoms with van der Waals surface area (Å²) in [5.74, 6) is -0.435. The van der Waals surface area contributed by atoms with Crippen LogP contribution >= 0.6 is 0 Å². The predicted molar refractivity (Wildman–Crippen MR) is 110 cm³/mol. The van der Waals surface area contributed by atoms with Gasteiger partial charge in [-0.15, -0.1) is 0 Å². The van der Waals surface area contributed by atoms with E-state index >= 15 is 0 Å². The first-order chi connectivity index (χ1) is 13.6. The first-order valence-corrected chi connectivity index (χ1v) is 8.62. The first-order valence-electron chi connectivity index (χ1n) is 8.62. The average Bonchev–Trinajstić information content (AvgIpc) is 2.73. The third-order valence-corrected chi connectivity index (χ3v) is 4.51. The fraction of sp³-hybridized carbons (Fsp3) is 0. The second kappa shape index (κ2) is 7.28. The standard InChI is InChI=1S/C22H15N3O3/c26-22(15-9-11-18(12-10-15)25(27)28)24-23-14-21-19-7-3-1-5-16(19)13-17-6-2-4-8-20(17)21/h1-14H,(H,24,26). The van der Waals surface area contributed by atoms with E-state index in [4.69, 9.17) is 0 Å². The zero-order chi connectivity index (χ0) is 19.5. The number of fused-ring (bicyclic) bond motifs is 2. The highest BCUT2D eigenvalue weighted by Crippen LogP contribution is 2.27. The molecule has 4 aromatic carbocycles. The van der Waals surface area contributed by atoms with E-state index in [0.29, 0.717) is 5.56 Å². The zero-order valence-electron chi connectivity index (χ0n) is 14.7. The minimum Gasteiger partial charge on any atom is -0.267 e. The summed E-state index contributed by atoms with van der Waals surface area (Å²) < 4.78 is 0. The Hall–Kier alpha value is -4.06. The number of nitro benzene ring substituents is 1. The third-order valence-electron chi connectivity index (χ3n) is 4.51. The first kappa shape index (κ1) is 17.4. The molecule has 0 aromatic heterocycles. The van der Waals surface area contributed by atoms with Crippen LogP contribution in [0.1, 0.15) is 15.9 Å². The summed E-state index contributed by atoms with van der Waals surface area (Å²) >= 11 is 0. The van der Waals surface area contributed by atoms with Crippen molar-refractivity contribution in [3.63, 3.8) is 0 Å². The summed E-state index contributed by atoms with van der Waals surface area (Å²) in [6, 6.07) is 23.5. The Morgan fingerprint density at radius 2 is 1.46 bits per heavy atom. The Balaban J connectivity index is 1.64. The predicted octanol–water partition coefficient (Wildman–Crippen LogP) is 4.67. The van der Waals surface area contributed by atoms with E-state index in [1.54, 1.807) is 6.21 Å². The molecule has 0 aliphatic carbocycles. The third kappa shape index (κ3) is 3.31. The maximum atomic E-state index is 12.2. The van der Waals surface area contributed by atoms with Crippen LogP contribution in [0.4, 0.5) is 5.69 Å². The van der Waals surface area contributed by atoms with Crippen molar-refractivity contribution in [2.24, 2.45) is 5.10 Å². The van der Waals surface area contributed by atoms with Gasteiger partial charge in [0, 0.05) is 23.3 Å². The SMILES string of the molecule is O=C(NN=Cc1c2ccccc2cc2ccccc12)c1ccc([N+](=O)[O-])cc1. The molecule has 4 aromatic rings. The van der Waals surface area contributed by atoms with Gasteiger partial charge in [-0.25, -0.2) is 5.43 Å². The second-order valence-corrected chi connectivity index (χ2v) is 6.24. The number of rotatable bonds is 4. The van der Waals surface area contributed by atoms with Gasteiger partial charge in [0.1, 0.15) is 0 Å². The number of non-ortho nitro benzene ring substituents is 1. The summed E-state index contributed by atoms with van der Waals surface area (Å²) in [4.78, 5) is 22.4. The van der Waals surface area contributed by atoms with Crippen LogP contribution < -0.4 is 5.43 Å². The molecule has 4 rings (SSSR count). The van der Waals surface area contributed by atoms with Crippen molar-refractivity contribution in [1.29, 1.82) is 0 Å². The summed E-state index contributed by atoms with van der Waals surface area (Å²) in [5, 5.41) is 19.1. The van der Waals surface area contributed by atoms with Crippen molar-refractivity contribution in [2.75, 3.05) is 0 Å². The highest BCUT2D eigenvalue weighted by atomic mass is 16.6. The lowest BCUT2D eigenvalue weighted by Gasteiger charge is -2.08. The van der Waals surface area contributed by atoms with Crippen LogP contribution in [0.2, 0.25) is 0 Å². The van der Waals surface area contributed by atoms with Crippen molar-refractivity contribution in [1.82, 2.24) is 5.43 Å². The fourth-order valence-electron chi connectivity index (χ4n) is 3.14. The number of hydrogen-bond donors (Lipinski definition) is 1. The molecule has 0 radical (unpaired) electrons. The number of carbonyl (C=O) groups excluding carboxylic acids is 1. The molecule has 6 heteroatoms. The Kier molecular flexibility index (Phi) is 4.51. The number of hydrogen-bond acceptors (Lipinski definition) is 4. The van der Waals surface area contributed by atoms with Crippen LogP contribution in [0.25, 0.3) is 21.5 Å². The molecule has 0 bridgehead atoms. The second-order valence-electron chi connectivity index (χ2n) is 6.24. The minimum atomic E-state index is -0.508. The Labute approximate surface area is 160 Å². The molecule has 1 amide bonds. The summed E-state index contributed by atoms with van der Waals surface area (Å²) in [6.45, 7) is 0. The van der Waals surface area contributed by atoms with Crippen LogP contribution in [0.15, 0.2) is 84.0 Å². The molecule has 0 fully saturated rings. The van der Waals surface area contributed by atoms with Gasteiger partial charge in [-0.3, -0.25) is 14.9 Å². The lowest BCUT2D eigenvalue weighted by molar-refractivity contribution is -0.384. The lowest BCUT2D eigenvalue weighted by Crippen LogP contribution is -2.17. The smallest absolute Gasteiger partial charge is 0.267 e. The van der Waals surface area contributed by atoms with E-state index in [-0.39, 0.29) is 5.69 Å². The molecule has 0 saturated heterocycles. The van der Waals surface area contributed by atoms with E-state index in [0.717, 1.165) is 27.1 Å². The zero-order valence-corrected chi connectivity index (χ0v) is 14.7. The quantitative estimate of drug-likeness (QED) is 0.246. The number of nitrogens with zero attached hydrogens (tertiary/aromatic N) is 2. The highest BCUT2D eigenvalue weighted by molar-refractivity contribution is 6.13. The van der Waals surface area contributed by atoms with Gasteiger partial charge in [0.2, 0.25) is 0 Å². The van der Waals surface area contributed by atoms with Gasteiger partial charge < -0.3 is 0 Å². The lowest BCUT2D eigenvalue weighted by atomic mass is 9.97.